The molecule has 68 heavy (non-hydrogen) atoms. The van der Waals surface area contributed by atoms with E-state index in [1.54, 1.807) is 0 Å². The molecule has 318 valence electrons. The summed E-state index contributed by atoms with van der Waals surface area (Å²) in [5, 5.41) is 0. The van der Waals surface area contributed by atoms with Gasteiger partial charge in [-0.2, -0.15) is 0 Å². The summed E-state index contributed by atoms with van der Waals surface area (Å²) in [7, 11) is 0. The summed E-state index contributed by atoms with van der Waals surface area (Å²) in [6.07, 6.45) is 9.84. The SMILES string of the molecule is C1=CCC2=C(C=C1)c1ccccc1C21c2ccccc2-c2ccc(-c3nc(-c4cc(-c5ccccc5)cc(-c5ccccc5)c4)nc(-c4cc(-c5ccccc5)cc(-c5ccccc5)c4)n3)cc21. The molecule has 3 nitrogen and oxygen atoms in total. The molecule has 3 aliphatic rings. The predicted molar refractivity (Wildman–Crippen MR) is 279 cm³/mol. The van der Waals surface area contributed by atoms with Crippen molar-refractivity contribution in [2.24, 2.45) is 0 Å². The third kappa shape index (κ3) is 6.54. The van der Waals surface area contributed by atoms with E-state index in [1.807, 2.05) is 0 Å². The lowest BCUT2D eigenvalue weighted by Crippen LogP contribution is -2.27. The van der Waals surface area contributed by atoms with Crippen LogP contribution >= 0.6 is 0 Å². The Morgan fingerprint density at radius 1 is 0.294 bits per heavy atom. The van der Waals surface area contributed by atoms with Crippen LogP contribution in [-0.2, 0) is 5.41 Å². The Hall–Kier alpha value is -8.79. The van der Waals surface area contributed by atoms with Crippen LogP contribution in [0.2, 0.25) is 0 Å². The highest BCUT2D eigenvalue weighted by atomic mass is 15.0. The highest BCUT2D eigenvalue weighted by Gasteiger charge is 2.52. The number of nitrogens with zero attached hydrogens (tertiary/aromatic N) is 3. The van der Waals surface area contributed by atoms with Gasteiger partial charge in [0.25, 0.3) is 0 Å². The van der Waals surface area contributed by atoms with Crippen molar-refractivity contribution in [1.82, 2.24) is 15.0 Å². The van der Waals surface area contributed by atoms with E-state index >= 15 is 0 Å². The van der Waals surface area contributed by atoms with Gasteiger partial charge in [-0.15, -0.1) is 0 Å². The van der Waals surface area contributed by atoms with Gasteiger partial charge in [0.2, 0.25) is 0 Å². The first-order chi connectivity index (χ1) is 33.7. The third-order valence-corrected chi connectivity index (χ3v) is 14.0. The molecule has 1 spiro atoms. The minimum absolute atomic E-state index is 0.477. The smallest absolute Gasteiger partial charge is 0.164 e. The van der Waals surface area contributed by atoms with Crippen molar-refractivity contribution in [2.75, 3.05) is 0 Å². The summed E-state index contributed by atoms with van der Waals surface area (Å²) >= 11 is 0. The molecule has 0 amide bonds. The molecule has 0 N–H and O–H groups in total. The molecule has 0 fully saturated rings. The van der Waals surface area contributed by atoms with Crippen LogP contribution in [0.3, 0.4) is 0 Å². The van der Waals surface area contributed by atoms with E-state index in [2.05, 4.69) is 249 Å². The number of aromatic nitrogens is 3. The molecule has 1 heterocycles. The second-order valence-corrected chi connectivity index (χ2v) is 17.9. The van der Waals surface area contributed by atoms with Crippen LogP contribution in [0.15, 0.2) is 254 Å². The molecule has 0 aliphatic heterocycles. The molecular formula is C65H43N3. The molecule has 3 aliphatic carbocycles. The van der Waals surface area contributed by atoms with Gasteiger partial charge in [-0.1, -0.05) is 206 Å². The molecule has 0 saturated carbocycles. The van der Waals surface area contributed by atoms with Gasteiger partial charge < -0.3 is 0 Å². The first kappa shape index (κ1) is 39.6. The lowest BCUT2D eigenvalue weighted by Gasteiger charge is -2.32. The molecule has 1 unspecified atom stereocenters. The molecule has 1 atom stereocenters. The van der Waals surface area contributed by atoms with E-state index in [-0.39, 0.29) is 0 Å². The van der Waals surface area contributed by atoms with Gasteiger partial charge in [-0.25, -0.2) is 15.0 Å². The monoisotopic (exact) mass is 865 g/mol. The molecule has 1 aromatic heterocycles. The highest BCUT2D eigenvalue weighted by molar-refractivity contribution is 5.98. The second kappa shape index (κ2) is 16.3. The van der Waals surface area contributed by atoms with Gasteiger partial charge in [0, 0.05) is 16.7 Å². The maximum atomic E-state index is 5.50. The molecule has 3 heteroatoms. The minimum atomic E-state index is -0.477. The van der Waals surface area contributed by atoms with Crippen molar-refractivity contribution in [3.8, 4) is 89.8 Å². The van der Waals surface area contributed by atoms with E-state index < -0.39 is 5.41 Å². The Morgan fingerprint density at radius 3 is 1.19 bits per heavy atom. The lowest BCUT2D eigenvalue weighted by molar-refractivity contribution is 0.747. The molecule has 10 aromatic rings. The van der Waals surface area contributed by atoms with E-state index in [0.717, 1.165) is 67.6 Å². The molecular weight excluding hydrogens is 823 g/mol. The van der Waals surface area contributed by atoms with Crippen molar-refractivity contribution in [3.63, 3.8) is 0 Å². The number of rotatable bonds is 7. The van der Waals surface area contributed by atoms with Crippen molar-refractivity contribution in [2.45, 2.75) is 11.8 Å². The highest BCUT2D eigenvalue weighted by Crippen LogP contribution is 2.63. The number of allylic oxidation sites excluding steroid dienone is 6. The largest absolute Gasteiger partial charge is 0.208 e. The fourth-order valence-electron chi connectivity index (χ4n) is 10.9. The average molecular weight is 866 g/mol. The maximum Gasteiger partial charge on any atom is 0.164 e. The number of benzene rings is 9. The number of hydrogen-bond acceptors (Lipinski definition) is 3. The van der Waals surface area contributed by atoms with E-state index in [9.17, 15) is 0 Å². The van der Waals surface area contributed by atoms with Gasteiger partial charge in [-0.05, 0) is 138 Å². The Balaban J connectivity index is 1.07. The maximum absolute atomic E-state index is 5.50. The standard InChI is InChI=1S/C65H43N3/c1-6-20-43(21-7-1)48-36-49(44-22-8-2-9-23-44)39-52(38-48)63-66-62(67-64(68-63)53-40-50(45-24-10-3-11-25-45)37-51(41-53)46-26-12-4-13-27-46)47-34-35-57-56-30-17-19-33-60(56)65(61(57)42-47)58-31-15-5-14-28-54(58)55-29-16-18-32-59(55)65/h1-30,32-42H,31H2. The summed E-state index contributed by atoms with van der Waals surface area (Å²) in [6, 6.07) is 80.7. The summed E-state index contributed by atoms with van der Waals surface area (Å²) in [5.41, 5.74) is 21.6. The topological polar surface area (TPSA) is 38.7 Å². The lowest BCUT2D eigenvalue weighted by atomic mass is 9.68. The Bertz CT molecular complexity index is 3420. The van der Waals surface area contributed by atoms with Gasteiger partial charge in [-0.3, -0.25) is 0 Å². The number of fused-ring (bicyclic) bond motifs is 9. The Kier molecular flexibility index (Phi) is 9.47. The molecule has 0 saturated heterocycles. The molecule has 0 radical (unpaired) electrons. The van der Waals surface area contributed by atoms with Crippen LogP contribution in [0.5, 0.6) is 0 Å². The first-order valence-corrected chi connectivity index (χ1v) is 23.4. The van der Waals surface area contributed by atoms with E-state index in [4.69, 9.17) is 15.0 Å². The fraction of sp³-hybridized carbons (Fsp3) is 0.0308. The second-order valence-electron chi connectivity index (χ2n) is 17.9. The zero-order valence-electron chi connectivity index (χ0n) is 37.2. The summed E-state index contributed by atoms with van der Waals surface area (Å²) in [5.74, 6) is 1.85. The van der Waals surface area contributed by atoms with Gasteiger partial charge in [0.15, 0.2) is 17.5 Å². The zero-order valence-corrected chi connectivity index (χ0v) is 37.2. The van der Waals surface area contributed by atoms with E-state index in [1.165, 1.54) is 44.5 Å². The summed E-state index contributed by atoms with van der Waals surface area (Å²) in [4.78, 5) is 16.5. The van der Waals surface area contributed by atoms with Gasteiger partial charge in [0.05, 0.1) is 5.41 Å². The van der Waals surface area contributed by atoms with Gasteiger partial charge >= 0.3 is 0 Å². The predicted octanol–water partition coefficient (Wildman–Crippen LogP) is 16.1. The fourth-order valence-corrected chi connectivity index (χ4v) is 10.9. The Labute approximate surface area is 396 Å². The van der Waals surface area contributed by atoms with Crippen LogP contribution in [-0.4, -0.2) is 15.0 Å². The van der Waals surface area contributed by atoms with Crippen LogP contribution in [0, 0.1) is 0 Å². The van der Waals surface area contributed by atoms with Crippen LogP contribution in [0.1, 0.15) is 28.7 Å². The van der Waals surface area contributed by atoms with Crippen LogP contribution in [0.4, 0.5) is 0 Å². The quantitative estimate of drug-likeness (QED) is 0.160. The number of hydrogen-bond donors (Lipinski definition) is 0. The molecule has 9 aromatic carbocycles. The molecule has 13 rings (SSSR count). The van der Waals surface area contributed by atoms with Crippen molar-refractivity contribution in [3.05, 3.63) is 277 Å². The summed E-state index contributed by atoms with van der Waals surface area (Å²) < 4.78 is 0. The van der Waals surface area contributed by atoms with Crippen molar-refractivity contribution >= 4 is 5.57 Å². The minimum Gasteiger partial charge on any atom is -0.208 e. The van der Waals surface area contributed by atoms with Crippen molar-refractivity contribution in [1.29, 1.82) is 0 Å². The third-order valence-electron chi connectivity index (χ3n) is 14.0. The summed E-state index contributed by atoms with van der Waals surface area (Å²) in [6.45, 7) is 0. The normalized spacial score (nSPS) is 15.2. The molecule has 0 bridgehead atoms. The first-order valence-electron chi connectivity index (χ1n) is 23.4. The zero-order chi connectivity index (χ0) is 45.0. The average Bonchev–Trinajstić information content (AvgIpc) is 3.72. The Morgan fingerprint density at radius 2 is 0.691 bits per heavy atom. The van der Waals surface area contributed by atoms with Crippen LogP contribution < -0.4 is 0 Å². The van der Waals surface area contributed by atoms with Crippen molar-refractivity contribution < 1.29 is 0 Å². The van der Waals surface area contributed by atoms with Gasteiger partial charge in [0.1, 0.15) is 0 Å². The van der Waals surface area contributed by atoms with E-state index in [0.29, 0.717) is 17.5 Å². The van der Waals surface area contributed by atoms with Crippen LogP contribution in [0.25, 0.3) is 95.4 Å².